The molecule has 0 fully saturated rings. The summed E-state index contributed by atoms with van der Waals surface area (Å²) in [5.74, 6) is 0.563. The maximum Gasteiger partial charge on any atom is 0.232 e. The molecule has 0 radical (unpaired) electrons. The van der Waals surface area contributed by atoms with Crippen molar-refractivity contribution in [3.05, 3.63) is 24.3 Å². The first-order valence-corrected chi connectivity index (χ1v) is 10.1. The van der Waals surface area contributed by atoms with E-state index in [2.05, 4.69) is 32.3 Å². The summed E-state index contributed by atoms with van der Waals surface area (Å²) in [6.45, 7) is 2.19. The summed E-state index contributed by atoms with van der Waals surface area (Å²) in [7, 11) is -3.38. The lowest BCUT2D eigenvalue weighted by Crippen LogP contribution is -2.17. The van der Waals surface area contributed by atoms with Crippen molar-refractivity contribution in [2.45, 2.75) is 51.9 Å². The smallest absolute Gasteiger partial charge is 0.232 e. The van der Waals surface area contributed by atoms with Crippen LogP contribution in [-0.4, -0.2) is 34.8 Å². The van der Waals surface area contributed by atoms with Gasteiger partial charge >= 0.3 is 0 Å². The number of aromatic amines is 1. The molecule has 1 aromatic heterocycles. The minimum Gasteiger partial charge on any atom is -0.283 e. The van der Waals surface area contributed by atoms with Crippen LogP contribution >= 0.6 is 0 Å². The van der Waals surface area contributed by atoms with Gasteiger partial charge in [-0.15, -0.1) is 5.10 Å². The van der Waals surface area contributed by atoms with Crippen molar-refractivity contribution in [2.75, 3.05) is 10.5 Å². The monoisotopic (exact) mass is 351 g/mol. The molecule has 8 heteroatoms. The normalized spacial score (nSPS) is 11.5. The Morgan fingerprint density at radius 1 is 1.04 bits per heavy atom. The standard InChI is InChI=1S/C16H25N5O2S/c1-2-3-4-5-6-7-10-13-24(22,23)19-15-12-9-8-11-14(15)16-17-20-21-18-16/h8-9,11-12,19H,2-7,10,13H2,1H3,(H,17,18,20,21). The maximum absolute atomic E-state index is 12.3. The summed E-state index contributed by atoms with van der Waals surface area (Å²) in [6, 6.07) is 7.07. The van der Waals surface area contributed by atoms with Crippen LogP contribution in [0.2, 0.25) is 0 Å². The van der Waals surface area contributed by atoms with Gasteiger partial charge in [0.05, 0.1) is 11.4 Å². The lowest BCUT2D eigenvalue weighted by molar-refractivity contribution is 0.582. The van der Waals surface area contributed by atoms with E-state index in [0.29, 0.717) is 23.5 Å². The van der Waals surface area contributed by atoms with Crippen LogP contribution in [0.15, 0.2) is 24.3 Å². The second-order valence-corrected chi connectivity index (χ2v) is 7.68. The molecule has 1 heterocycles. The van der Waals surface area contributed by atoms with Gasteiger partial charge in [0.1, 0.15) is 0 Å². The molecule has 0 amide bonds. The van der Waals surface area contributed by atoms with Crippen LogP contribution in [0, 0.1) is 0 Å². The van der Waals surface area contributed by atoms with E-state index in [0.717, 1.165) is 12.8 Å². The van der Waals surface area contributed by atoms with E-state index in [4.69, 9.17) is 0 Å². The topological polar surface area (TPSA) is 101 Å². The van der Waals surface area contributed by atoms with E-state index < -0.39 is 10.0 Å². The van der Waals surface area contributed by atoms with E-state index in [1.807, 2.05) is 6.07 Å². The van der Waals surface area contributed by atoms with Gasteiger partial charge in [-0.25, -0.2) is 13.5 Å². The van der Waals surface area contributed by atoms with E-state index in [1.54, 1.807) is 18.2 Å². The molecule has 7 nitrogen and oxygen atoms in total. The maximum atomic E-state index is 12.3. The summed E-state index contributed by atoms with van der Waals surface area (Å²) >= 11 is 0. The van der Waals surface area contributed by atoms with E-state index in [1.165, 1.54) is 25.7 Å². The molecule has 1 aromatic carbocycles. The Morgan fingerprint density at radius 3 is 2.46 bits per heavy atom. The Balaban J connectivity index is 1.86. The van der Waals surface area contributed by atoms with E-state index in [9.17, 15) is 8.42 Å². The number of hydrogen-bond acceptors (Lipinski definition) is 5. The fourth-order valence-electron chi connectivity index (χ4n) is 2.52. The Morgan fingerprint density at radius 2 is 1.75 bits per heavy atom. The predicted molar refractivity (Wildman–Crippen MR) is 95.0 cm³/mol. The summed E-state index contributed by atoms with van der Waals surface area (Å²) in [5, 5.41) is 13.5. The van der Waals surface area contributed by atoms with Crippen LogP contribution in [0.4, 0.5) is 5.69 Å². The summed E-state index contributed by atoms with van der Waals surface area (Å²) in [4.78, 5) is 0. The molecule has 0 aliphatic heterocycles. The Hall–Kier alpha value is -1.96. The van der Waals surface area contributed by atoms with Gasteiger partial charge in [0, 0.05) is 5.56 Å². The zero-order valence-electron chi connectivity index (χ0n) is 14.0. The Bertz CT molecular complexity index is 701. The van der Waals surface area contributed by atoms with E-state index in [-0.39, 0.29) is 5.75 Å². The fraction of sp³-hybridized carbons (Fsp3) is 0.562. The van der Waals surface area contributed by atoms with Crippen LogP contribution in [-0.2, 0) is 10.0 Å². The van der Waals surface area contributed by atoms with Crippen molar-refractivity contribution < 1.29 is 8.42 Å². The van der Waals surface area contributed by atoms with Gasteiger partial charge in [-0.3, -0.25) is 4.72 Å². The molecule has 132 valence electrons. The first-order valence-electron chi connectivity index (χ1n) is 8.46. The molecule has 0 atom stereocenters. The fourth-order valence-corrected chi connectivity index (χ4v) is 3.72. The summed E-state index contributed by atoms with van der Waals surface area (Å²) in [5.41, 5.74) is 1.12. The van der Waals surface area contributed by atoms with Gasteiger partial charge in [-0.1, -0.05) is 57.6 Å². The number of sulfonamides is 1. The van der Waals surface area contributed by atoms with Crippen molar-refractivity contribution in [3.8, 4) is 11.4 Å². The van der Waals surface area contributed by atoms with Crippen molar-refractivity contribution in [3.63, 3.8) is 0 Å². The lowest BCUT2D eigenvalue weighted by atomic mass is 10.1. The Kier molecular flexibility index (Phi) is 7.17. The molecule has 24 heavy (non-hydrogen) atoms. The number of nitrogens with zero attached hydrogens (tertiary/aromatic N) is 3. The molecule has 0 unspecified atom stereocenters. The molecule has 0 aliphatic carbocycles. The second-order valence-electron chi connectivity index (χ2n) is 5.84. The number of H-pyrrole nitrogens is 1. The average molecular weight is 351 g/mol. The van der Waals surface area contributed by atoms with Crippen LogP contribution < -0.4 is 4.72 Å². The highest BCUT2D eigenvalue weighted by atomic mass is 32.2. The van der Waals surface area contributed by atoms with Crippen LogP contribution in [0.25, 0.3) is 11.4 Å². The Labute approximate surface area is 143 Å². The van der Waals surface area contributed by atoms with Gasteiger partial charge < -0.3 is 0 Å². The minimum atomic E-state index is -3.38. The molecule has 2 rings (SSSR count). The van der Waals surface area contributed by atoms with Crippen molar-refractivity contribution in [1.29, 1.82) is 0 Å². The second kappa shape index (κ2) is 9.36. The highest BCUT2D eigenvalue weighted by molar-refractivity contribution is 7.92. The highest BCUT2D eigenvalue weighted by Crippen LogP contribution is 2.25. The molecule has 0 saturated heterocycles. The van der Waals surface area contributed by atoms with Gasteiger partial charge in [-0.05, 0) is 29.0 Å². The van der Waals surface area contributed by atoms with Gasteiger partial charge in [0.2, 0.25) is 10.0 Å². The predicted octanol–water partition coefficient (Wildman–Crippen LogP) is 3.36. The number of para-hydroxylation sites is 1. The largest absolute Gasteiger partial charge is 0.283 e. The van der Waals surface area contributed by atoms with Crippen LogP contribution in [0.3, 0.4) is 0 Å². The van der Waals surface area contributed by atoms with Crippen LogP contribution in [0.1, 0.15) is 51.9 Å². The van der Waals surface area contributed by atoms with E-state index >= 15 is 0 Å². The number of hydrogen-bond donors (Lipinski definition) is 2. The van der Waals surface area contributed by atoms with Gasteiger partial charge in [0.25, 0.3) is 0 Å². The van der Waals surface area contributed by atoms with Crippen molar-refractivity contribution in [1.82, 2.24) is 20.6 Å². The zero-order chi connectivity index (χ0) is 17.3. The molecule has 0 aliphatic rings. The lowest BCUT2D eigenvalue weighted by Gasteiger charge is -2.11. The molecule has 2 aromatic rings. The third kappa shape index (κ3) is 5.92. The third-order valence-electron chi connectivity index (χ3n) is 3.81. The summed E-state index contributed by atoms with van der Waals surface area (Å²) in [6.07, 6.45) is 7.61. The van der Waals surface area contributed by atoms with Gasteiger partial charge in [-0.2, -0.15) is 0 Å². The molecule has 2 N–H and O–H groups in total. The zero-order valence-corrected chi connectivity index (χ0v) is 14.8. The first kappa shape index (κ1) is 18.4. The average Bonchev–Trinajstić information content (AvgIpc) is 3.08. The number of nitrogens with one attached hydrogen (secondary N) is 2. The molecular weight excluding hydrogens is 326 g/mol. The van der Waals surface area contributed by atoms with Crippen molar-refractivity contribution in [2.24, 2.45) is 0 Å². The number of rotatable bonds is 11. The molecule has 0 saturated carbocycles. The van der Waals surface area contributed by atoms with Crippen molar-refractivity contribution >= 4 is 15.7 Å². The number of unbranched alkanes of at least 4 members (excludes halogenated alkanes) is 6. The van der Waals surface area contributed by atoms with Crippen LogP contribution in [0.5, 0.6) is 0 Å². The molecule has 0 bridgehead atoms. The molecular formula is C16H25N5O2S. The molecule has 0 spiro atoms. The summed E-state index contributed by atoms with van der Waals surface area (Å²) < 4.78 is 27.2. The first-order chi connectivity index (χ1) is 11.6. The minimum absolute atomic E-state index is 0.129. The number of tetrazole rings is 1. The third-order valence-corrected chi connectivity index (χ3v) is 5.17. The highest BCUT2D eigenvalue weighted by Gasteiger charge is 2.14. The van der Waals surface area contributed by atoms with Gasteiger partial charge in [0.15, 0.2) is 5.82 Å². The number of aromatic nitrogens is 4. The SMILES string of the molecule is CCCCCCCCCS(=O)(=O)Nc1ccccc1-c1nnn[nH]1. The quantitative estimate of drug-likeness (QED) is 0.605. The number of anilines is 1. The number of benzene rings is 1.